The van der Waals surface area contributed by atoms with Gasteiger partial charge in [0.1, 0.15) is 0 Å². The van der Waals surface area contributed by atoms with Gasteiger partial charge in [0.15, 0.2) is 23.3 Å². The van der Waals surface area contributed by atoms with E-state index >= 15 is 0 Å². The van der Waals surface area contributed by atoms with Crippen LogP contribution in [0.4, 0.5) is 5.69 Å². The molecule has 1 N–H and O–H groups in total. The van der Waals surface area contributed by atoms with Gasteiger partial charge in [0, 0.05) is 23.2 Å². The fraction of sp³-hybridized carbons (Fsp3) is 0.240. The van der Waals surface area contributed by atoms with Gasteiger partial charge >= 0.3 is 0 Å². The summed E-state index contributed by atoms with van der Waals surface area (Å²) < 4.78 is 18.2. The molecule has 2 aromatic carbocycles. The van der Waals surface area contributed by atoms with Gasteiger partial charge in [-0.25, -0.2) is 4.68 Å². The van der Waals surface area contributed by atoms with Crippen molar-refractivity contribution in [3.63, 3.8) is 0 Å². The van der Waals surface area contributed by atoms with Crippen molar-refractivity contribution in [1.29, 1.82) is 0 Å². The second-order valence-corrected chi connectivity index (χ2v) is 7.63. The number of carbonyl (C=O) groups is 1. The van der Waals surface area contributed by atoms with Crippen LogP contribution in [0.3, 0.4) is 0 Å². The molecule has 0 fully saturated rings. The number of pyridine rings is 1. The van der Waals surface area contributed by atoms with Gasteiger partial charge in [-0.1, -0.05) is 18.2 Å². The molecule has 0 bridgehead atoms. The topological polar surface area (TPSA) is 87.5 Å². The minimum absolute atomic E-state index is 0.311. The molecular weight excluding hydrogens is 420 g/mol. The average Bonchev–Trinajstić information content (AvgIpc) is 3.16. The Morgan fingerprint density at radius 2 is 1.73 bits per heavy atom. The standard InChI is InChI=1S/C25H26N4O4/c1-15-13-22(27-24-23(15)16(2)28-29(24)19-9-7-6-8-10-19)33-17(3)25(30)26-18-11-12-20(31-4)21(14-18)32-5/h6-14,17H,1-5H3,(H,26,30). The van der Waals surface area contributed by atoms with Crippen molar-refractivity contribution in [3.8, 4) is 23.1 Å². The molecular formula is C25H26N4O4. The molecule has 4 aromatic rings. The van der Waals surface area contributed by atoms with Crippen LogP contribution in [0.25, 0.3) is 16.7 Å². The lowest BCUT2D eigenvalue weighted by Crippen LogP contribution is -2.30. The maximum absolute atomic E-state index is 12.8. The smallest absolute Gasteiger partial charge is 0.265 e. The van der Waals surface area contributed by atoms with E-state index in [0.717, 1.165) is 22.3 Å². The number of methoxy groups -OCH3 is 2. The number of rotatable bonds is 7. The highest BCUT2D eigenvalue weighted by molar-refractivity contribution is 5.94. The van der Waals surface area contributed by atoms with Crippen LogP contribution in [0.5, 0.6) is 17.4 Å². The second kappa shape index (κ2) is 9.20. The van der Waals surface area contributed by atoms with Crippen LogP contribution < -0.4 is 19.5 Å². The van der Waals surface area contributed by atoms with Gasteiger partial charge in [-0.3, -0.25) is 4.79 Å². The zero-order valence-corrected chi connectivity index (χ0v) is 19.2. The predicted molar refractivity (Wildman–Crippen MR) is 127 cm³/mol. The number of benzene rings is 2. The van der Waals surface area contributed by atoms with E-state index in [4.69, 9.17) is 14.2 Å². The van der Waals surface area contributed by atoms with Gasteiger partial charge < -0.3 is 19.5 Å². The Morgan fingerprint density at radius 1 is 1.00 bits per heavy atom. The third kappa shape index (κ3) is 4.45. The number of nitrogens with zero attached hydrogens (tertiary/aromatic N) is 3. The summed E-state index contributed by atoms with van der Waals surface area (Å²) in [5, 5.41) is 8.46. The van der Waals surface area contributed by atoms with Crippen LogP contribution in [-0.4, -0.2) is 41.0 Å². The summed E-state index contributed by atoms with van der Waals surface area (Å²) in [6, 6.07) is 16.8. The minimum atomic E-state index is -0.781. The van der Waals surface area contributed by atoms with Crippen molar-refractivity contribution in [3.05, 3.63) is 65.9 Å². The van der Waals surface area contributed by atoms with E-state index in [9.17, 15) is 4.79 Å². The van der Waals surface area contributed by atoms with Crippen LogP contribution in [0.15, 0.2) is 54.6 Å². The number of aryl methyl sites for hydroxylation is 2. The molecule has 170 valence electrons. The van der Waals surface area contributed by atoms with Gasteiger partial charge in [-0.2, -0.15) is 10.1 Å². The van der Waals surface area contributed by atoms with Crippen molar-refractivity contribution in [2.75, 3.05) is 19.5 Å². The number of anilines is 1. The SMILES string of the molecule is COc1ccc(NC(=O)C(C)Oc2cc(C)c3c(C)nn(-c4ccccc4)c3n2)cc1OC. The number of hydrogen-bond donors (Lipinski definition) is 1. The molecule has 1 atom stereocenters. The maximum atomic E-state index is 12.8. The van der Waals surface area contributed by atoms with Gasteiger partial charge in [0.05, 0.1) is 25.6 Å². The highest BCUT2D eigenvalue weighted by Gasteiger charge is 2.19. The average molecular weight is 447 g/mol. The molecule has 8 heteroatoms. The first kappa shape index (κ1) is 22.1. The quantitative estimate of drug-likeness (QED) is 0.451. The summed E-state index contributed by atoms with van der Waals surface area (Å²) in [7, 11) is 3.10. The fourth-order valence-electron chi connectivity index (χ4n) is 3.68. The monoisotopic (exact) mass is 446 g/mol. The first-order chi connectivity index (χ1) is 15.9. The Labute approximate surface area is 192 Å². The summed E-state index contributed by atoms with van der Waals surface area (Å²) in [4.78, 5) is 17.4. The first-order valence-corrected chi connectivity index (χ1v) is 10.5. The van der Waals surface area contributed by atoms with Gasteiger partial charge in [-0.05, 0) is 50.6 Å². The lowest BCUT2D eigenvalue weighted by molar-refractivity contribution is -0.122. The number of amides is 1. The van der Waals surface area contributed by atoms with E-state index < -0.39 is 6.10 Å². The molecule has 2 aromatic heterocycles. The Hall–Kier alpha value is -4.07. The Balaban J connectivity index is 1.58. The van der Waals surface area contributed by atoms with E-state index in [0.29, 0.717) is 28.7 Å². The molecule has 4 rings (SSSR count). The third-order valence-electron chi connectivity index (χ3n) is 5.31. The van der Waals surface area contributed by atoms with E-state index in [-0.39, 0.29) is 5.91 Å². The molecule has 0 aliphatic heterocycles. The van der Waals surface area contributed by atoms with Crippen LogP contribution in [0, 0.1) is 13.8 Å². The summed E-state index contributed by atoms with van der Waals surface area (Å²) in [6.45, 7) is 5.61. The summed E-state index contributed by atoms with van der Waals surface area (Å²) in [6.07, 6.45) is -0.781. The number of para-hydroxylation sites is 1. The molecule has 1 amide bonds. The van der Waals surface area contributed by atoms with Gasteiger partial charge in [0.2, 0.25) is 5.88 Å². The number of hydrogen-bond acceptors (Lipinski definition) is 6. The van der Waals surface area contributed by atoms with Crippen LogP contribution >= 0.6 is 0 Å². The number of nitrogens with one attached hydrogen (secondary N) is 1. The second-order valence-electron chi connectivity index (χ2n) is 7.63. The highest BCUT2D eigenvalue weighted by Crippen LogP contribution is 2.30. The largest absolute Gasteiger partial charge is 0.493 e. The van der Waals surface area contributed by atoms with Gasteiger partial charge in [0.25, 0.3) is 5.91 Å². The molecule has 1 unspecified atom stereocenters. The molecule has 8 nitrogen and oxygen atoms in total. The zero-order valence-electron chi connectivity index (χ0n) is 19.2. The molecule has 0 aliphatic rings. The fourth-order valence-corrected chi connectivity index (χ4v) is 3.68. The van der Waals surface area contributed by atoms with Crippen LogP contribution in [0.1, 0.15) is 18.2 Å². The van der Waals surface area contributed by atoms with Crippen molar-refractivity contribution >= 4 is 22.6 Å². The normalized spacial score (nSPS) is 11.8. The van der Waals surface area contributed by atoms with E-state index in [1.165, 1.54) is 0 Å². The Morgan fingerprint density at radius 3 is 2.42 bits per heavy atom. The van der Waals surface area contributed by atoms with E-state index in [2.05, 4.69) is 15.4 Å². The predicted octanol–water partition coefficient (Wildman–Crippen LogP) is 4.46. The number of fused-ring (bicyclic) bond motifs is 1. The molecule has 0 saturated heterocycles. The summed E-state index contributed by atoms with van der Waals surface area (Å²) >= 11 is 0. The lowest BCUT2D eigenvalue weighted by Gasteiger charge is -2.16. The first-order valence-electron chi connectivity index (χ1n) is 10.5. The lowest BCUT2D eigenvalue weighted by atomic mass is 10.1. The van der Waals surface area contributed by atoms with Crippen LogP contribution in [-0.2, 0) is 4.79 Å². The summed E-state index contributed by atoms with van der Waals surface area (Å²) in [5.41, 5.74) is 4.01. The number of aromatic nitrogens is 3. The number of ether oxygens (including phenoxy) is 3. The third-order valence-corrected chi connectivity index (χ3v) is 5.31. The summed E-state index contributed by atoms with van der Waals surface area (Å²) in [5.74, 6) is 1.15. The Bertz CT molecular complexity index is 1300. The highest BCUT2D eigenvalue weighted by atomic mass is 16.5. The van der Waals surface area contributed by atoms with E-state index in [1.54, 1.807) is 44.0 Å². The molecule has 0 aliphatic carbocycles. The zero-order chi connectivity index (χ0) is 23.5. The molecule has 2 heterocycles. The van der Waals surface area contributed by atoms with E-state index in [1.807, 2.05) is 50.2 Å². The van der Waals surface area contributed by atoms with Crippen molar-refractivity contribution < 1.29 is 19.0 Å². The minimum Gasteiger partial charge on any atom is -0.493 e. The Kier molecular flexibility index (Phi) is 6.17. The number of carbonyl (C=O) groups excluding carboxylic acids is 1. The molecule has 0 saturated carbocycles. The molecule has 33 heavy (non-hydrogen) atoms. The molecule has 0 radical (unpaired) electrons. The van der Waals surface area contributed by atoms with Crippen molar-refractivity contribution in [1.82, 2.24) is 14.8 Å². The van der Waals surface area contributed by atoms with Gasteiger partial charge in [-0.15, -0.1) is 0 Å². The maximum Gasteiger partial charge on any atom is 0.265 e. The molecule has 0 spiro atoms. The van der Waals surface area contributed by atoms with Crippen molar-refractivity contribution in [2.24, 2.45) is 0 Å². The van der Waals surface area contributed by atoms with Crippen molar-refractivity contribution in [2.45, 2.75) is 26.9 Å². The van der Waals surface area contributed by atoms with Crippen LogP contribution in [0.2, 0.25) is 0 Å².